The second kappa shape index (κ2) is 8.17. The Morgan fingerprint density at radius 2 is 1.72 bits per heavy atom. The summed E-state index contributed by atoms with van der Waals surface area (Å²) in [6, 6.07) is 16.3. The van der Waals surface area contributed by atoms with Gasteiger partial charge in [0.25, 0.3) is 5.91 Å². The van der Waals surface area contributed by atoms with Crippen LogP contribution in [0.25, 0.3) is 22.8 Å². The second-order valence-corrected chi connectivity index (χ2v) is 7.88. The lowest BCUT2D eigenvalue weighted by Crippen LogP contribution is -2.50. The molecule has 0 saturated carbocycles. The number of hydrogen-bond acceptors (Lipinski definition) is 4. The third-order valence-corrected chi connectivity index (χ3v) is 5.48. The van der Waals surface area contributed by atoms with Crippen LogP contribution in [0.2, 0.25) is 0 Å². The fourth-order valence-corrected chi connectivity index (χ4v) is 3.73. The van der Waals surface area contributed by atoms with Gasteiger partial charge in [-0.25, -0.2) is 4.98 Å². The summed E-state index contributed by atoms with van der Waals surface area (Å²) in [6.45, 7) is 9.82. The van der Waals surface area contributed by atoms with Gasteiger partial charge in [0.05, 0.1) is 0 Å². The number of hydrogen-bond donors (Lipinski definition) is 1. The zero-order valence-corrected chi connectivity index (χ0v) is 17.2. The first-order chi connectivity index (χ1) is 14.0. The third kappa shape index (κ3) is 4.22. The van der Waals surface area contributed by atoms with Gasteiger partial charge in [-0.15, -0.1) is 0 Å². The van der Waals surface area contributed by atoms with Crippen molar-refractivity contribution in [2.45, 2.75) is 26.8 Å². The minimum Gasteiger partial charge on any atom is -0.336 e. The van der Waals surface area contributed by atoms with Crippen LogP contribution in [0.1, 0.15) is 29.8 Å². The molecular weight excluding hydrogens is 362 g/mol. The van der Waals surface area contributed by atoms with Crippen molar-refractivity contribution < 1.29 is 4.79 Å². The maximum absolute atomic E-state index is 13.0. The number of rotatable bonds is 4. The summed E-state index contributed by atoms with van der Waals surface area (Å²) in [4.78, 5) is 22.0. The number of carbonyl (C=O) groups excluding carboxylic acids is 1. The summed E-state index contributed by atoms with van der Waals surface area (Å²) in [5.41, 5.74) is 3.69. The molecule has 0 radical (unpaired) electrons. The molecule has 0 bridgehead atoms. The zero-order valence-electron chi connectivity index (χ0n) is 17.2. The van der Waals surface area contributed by atoms with Crippen molar-refractivity contribution in [3.05, 3.63) is 59.7 Å². The van der Waals surface area contributed by atoms with E-state index in [4.69, 9.17) is 0 Å². The number of aromatic amines is 1. The molecule has 1 fully saturated rings. The van der Waals surface area contributed by atoms with Gasteiger partial charge >= 0.3 is 0 Å². The number of aromatic nitrogens is 3. The summed E-state index contributed by atoms with van der Waals surface area (Å²) in [5, 5.41) is 7.37. The van der Waals surface area contributed by atoms with Crippen LogP contribution in [0.3, 0.4) is 0 Å². The summed E-state index contributed by atoms with van der Waals surface area (Å²) in [6.07, 6.45) is 0. The highest BCUT2D eigenvalue weighted by Crippen LogP contribution is 2.22. The Labute approximate surface area is 171 Å². The molecule has 2 heterocycles. The van der Waals surface area contributed by atoms with E-state index in [-0.39, 0.29) is 5.91 Å². The highest BCUT2D eigenvalue weighted by Gasteiger charge is 2.23. The quantitative estimate of drug-likeness (QED) is 0.740. The predicted octanol–water partition coefficient (Wildman–Crippen LogP) is 3.61. The van der Waals surface area contributed by atoms with Gasteiger partial charge in [0.2, 0.25) is 0 Å². The van der Waals surface area contributed by atoms with Crippen LogP contribution >= 0.6 is 0 Å². The molecule has 1 N–H and O–H groups in total. The average molecular weight is 390 g/mol. The van der Waals surface area contributed by atoms with E-state index in [1.54, 1.807) is 0 Å². The zero-order chi connectivity index (χ0) is 20.4. The molecule has 1 amide bonds. The molecule has 1 saturated heterocycles. The number of nitrogens with one attached hydrogen (secondary N) is 1. The van der Waals surface area contributed by atoms with E-state index in [0.29, 0.717) is 23.3 Å². The SMILES string of the molecule is Cc1cccc(-c2n[nH]c(-c3cccc(C(=O)N4CCN(C(C)C)CC4)c3)n2)c1. The molecule has 1 aromatic heterocycles. The molecule has 6 heteroatoms. The topological polar surface area (TPSA) is 65.1 Å². The largest absolute Gasteiger partial charge is 0.336 e. The van der Waals surface area contributed by atoms with E-state index < -0.39 is 0 Å². The smallest absolute Gasteiger partial charge is 0.253 e. The van der Waals surface area contributed by atoms with Crippen molar-refractivity contribution in [2.75, 3.05) is 26.2 Å². The van der Waals surface area contributed by atoms with E-state index >= 15 is 0 Å². The van der Waals surface area contributed by atoms with Crippen LogP contribution < -0.4 is 0 Å². The highest BCUT2D eigenvalue weighted by molar-refractivity contribution is 5.95. The van der Waals surface area contributed by atoms with Gasteiger partial charge in [-0.3, -0.25) is 14.8 Å². The number of aryl methyl sites for hydroxylation is 1. The summed E-state index contributed by atoms with van der Waals surface area (Å²) >= 11 is 0. The first kappa shape index (κ1) is 19.3. The number of piperazine rings is 1. The standard InChI is InChI=1S/C23H27N5O/c1-16(2)27-10-12-28(13-11-27)23(29)20-9-5-8-19(15-20)22-24-21(25-26-22)18-7-4-6-17(3)14-18/h4-9,14-16H,10-13H2,1-3H3,(H,24,25,26). The maximum Gasteiger partial charge on any atom is 0.253 e. The van der Waals surface area contributed by atoms with Crippen molar-refractivity contribution in [1.82, 2.24) is 25.0 Å². The number of amides is 1. The lowest BCUT2D eigenvalue weighted by atomic mass is 10.1. The van der Waals surface area contributed by atoms with Gasteiger partial charge in [0.1, 0.15) is 0 Å². The molecule has 0 atom stereocenters. The molecule has 0 spiro atoms. The Bertz CT molecular complexity index is 1000. The molecular formula is C23H27N5O. The number of nitrogens with zero attached hydrogens (tertiary/aromatic N) is 4. The summed E-state index contributed by atoms with van der Waals surface area (Å²) in [7, 11) is 0. The van der Waals surface area contributed by atoms with Gasteiger partial charge in [0, 0.05) is 48.9 Å². The van der Waals surface area contributed by atoms with E-state index in [9.17, 15) is 4.79 Å². The minimum atomic E-state index is 0.0775. The Kier molecular flexibility index (Phi) is 5.45. The van der Waals surface area contributed by atoms with Crippen molar-refractivity contribution >= 4 is 5.91 Å². The van der Waals surface area contributed by atoms with E-state index in [0.717, 1.165) is 37.3 Å². The predicted molar refractivity (Wildman–Crippen MR) is 115 cm³/mol. The summed E-state index contributed by atoms with van der Waals surface area (Å²) in [5.74, 6) is 1.40. The molecule has 1 aliphatic heterocycles. The average Bonchev–Trinajstić information content (AvgIpc) is 3.24. The molecule has 2 aromatic carbocycles. The Morgan fingerprint density at radius 3 is 2.45 bits per heavy atom. The van der Waals surface area contributed by atoms with E-state index in [2.05, 4.69) is 40.0 Å². The van der Waals surface area contributed by atoms with Crippen LogP contribution in [-0.4, -0.2) is 63.1 Å². The molecule has 150 valence electrons. The monoisotopic (exact) mass is 389 g/mol. The van der Waals surface area contributed by atoms with Crippen molar-refractivity contribution in [2.24, 2.45) is 0 Å². The maximum atomic E-state index is 13.0. The van der Waals surface area contributed by atoms with Gasteiger partial charge in [-0.1, -0.05) is 35.9 Å². The second-order valence-electron chi connectivity index (χ2n) is 7.88. The lowest BCUT2D eigenvalue weighted by Gasteiger charge is -2.37. The molecule has 4 rings (SSSR count). The first-order valence-corrected chi connectivity index (χ1v) is 10.1. The Balaban J connectivity index is 1.51. The van der Waals surface area contributed by atoms with Gasteiger partial charge < -0.3 is 4.90 Å². The van der Waals surface area contributed by atoms with Gasteiger partial charge in [-0.2, -0.15) is 5.10 Å². The molecule has 29 heavy (non-hydrogen) atoms. The van der Waals surface area contributed by atoms with Gasteiger partial charge in [-0.05, 0) is 39.0 Å². The molecule has 0 aliphatic carbocycles. The van der Waals surface area contributed by atoms with Crippen molar-refractivity contribution in [1.29, 1.82) is 0 Å². The molecule has 1 aliphatic rings. The van der Waals surface area contributed by atoms with Gasteiger partial charge in [0.15, 0.2) is 11.6 Å². The normalized spacial score (nSPS) is 15.1. The van der Waals surface area contributed by atoms with Crippen LogP contribution in [0.4, 0.5) is 0 Å². The molecule has 0 unspecified atom stereocenters. The van der Waals surface area contributed by atoms with Crippen LogP contribution in [0.15, 0.2) is 48.5 Å². The third-order valence-electron chi connectivity index (χ3n) is 5.48. The number of carbonyl (C=O) groups is 1. The lowest BCUT2D eigenvalue weighted by molar-refractivity contribution is 0.0595. The number of H-pyrrole nitrogens is 1. The highest BCUT2D eigenvalue weighted by atomic mass is 16.2. The first-order valence-electron chi connectivity index (χ1n) is 10.1. The minimum absolute atomic E-state index is 0.0775. The van der Waals surface area contributed by atoms with Crippen molar-refractivity contribution in [3.63, 3.8) is 0 Å². The Morgan fingerprint density at radius 1 is 1.00 bits per heavy atom. The van der Waals surface area contributed by atoms with Crippen LogP contribution in [0.5, 0.6) is 0 Å². The fourth-order valence-electron chi connectivity index (χ4n) is 3.73. The number of benzene rings is 2. The van der Waals surface area contributed by atoms with E-state index in [1.165, 1.54) is 5.56 Å². The molecule has 6 nitrogen and oxygen atoms in total. The van der Waals surface area contributed by atoms with Crippen molar-refractivity contribution in [3.8, 4) is 22.8 Å². The van der Waals surface area contributed by atoms with Crippen LogP contribution in [-0.2, 0) is 0 Å². The van der Waals surface area contributed by atoms with E-state index in [1.807, 2.05) is 54.3 Å². The molecule has 3 aromatic rings. The summed E-state index contributed by atoms with van der Waals surface area (Å²) < 4.78 is 0. The van der Waals surface area contributed by atoms with Crippen LogP contribution in [0, 0.1) is 6.92 Å². The fraction of sp³-hybridized carbons (Fsp3) is 0.348. The Hall–Kier alpha value is -2.99.